The van der Waals surface area contributed by atoms with Gasteiger partial charge < -0.3 is 9.80 Å². The number of fused-ring (bicyclic) bond motifs is 1. The van der Waals surface area contributed by atoms with Gasteiger partial charge in [-0.3, -0.25) is 0 Å². The Kier molecular flexibility index (Phi) is 5.46. The van der Waals surface area contributed by atoms with E-state index in [1.807, 2.05) is 30.3 Å². The number of nitrogens with zero attached hydrogens (tertiary/aromatic N) is 4. The lowest BCUT2D eigenvalue weighted by Crippen LogP contribution is -2.46. The number of halogens is 3. The molecule has 158 valence electrons. The minimum Gasteiger partial charge on any atom is -0.368 e. The van der Waals surface area contributed by atoms with Gasteiger partial charge in [0.2, 0.25) is 0 Å². The number of hydrogen-bond acceptors (Lipinski definition) is 5. The Balaban J connectivity index is 1.47. The Hall–Kier alpha value is -2.41. The second-order valence-corrected chi connectivity index (χ2v) is 9.51. The molecule has 2 aromatic heterocycles. The van der Waals surface area contributed by atoms with Gasteiger partial charge in [0, 0.05) is 42.3 Å². The topological polar surface area (TPSA) is 32.3 Å². The van der Waals surface area contributed by atoms with Gasteiger partial charge in [0.25, 0.3) is 0 Å². The SMILES string of the molecule is Cc1sc2ncnc(N3CCN(c4ccc(Cl)c(Cl)c4)CC3)c2c1-c1ccc(F)cc1. The van der Waals surface area contributed by atoms with E-state index in [4.69, 9.17) is 23.2 Å². The van der Waals surface area contributed by atoms with E-state index in [1.165, 1.54) is 12.1 Å². The van der Waals surface area contributed by atoms with Gasteiger partial charge in [-0.2, -0.15) is 0 Å². The third-order valence-electron chi connectivity index (χ3n) is 5.62. The largest absolute Gasteiger partial charge is 0.368 e. The van der Waals surface area contributed by atoms with Crippen molar-refractivity contribution in [2.45, 2.75) is 6.92 Å². The van der Waals surface area contributed by atoms with Gasteiger partial charge in [-0.25, -0.2) is 14.4 Å². The molecule has 0 radical (unpaired) electrons. The van der Waals surface area contributed by atoms with Gasteiger partial charge in [-0.15, -0.1) is 11.3 Å². The Morgan fingerprint density at radius 1 is 0.903 bits per heavy atom. The summed E-state index contributed by atoms with van der Waals surface area (Å²) in [6.45, 7) is 5.42. The predicted octanol–water partition coefficient (Wildman–Crippen LogP) is 6.44. The zero-order chi connectivity index (χ0) is 21.5. The molecule has 0 amide bonds. The molecular weight excluding hydrogens is 454 g/mol. The van der Waals surface area contributed by atoms with Gasteiger partial charge in [0.1, 0.15) is 22.8 Å². The highest BCUT2D eigenvalue weighted by Crippen LogP contribution is 2.41. The van der Waals surface area contributed by atoms with E-state index >= 15 is 0 Å². The van der Waals surface area contributed by atoms with Crippen molar-refractivity contribution >= 4 is 56.3 Å². The van der Waals surface area contributed by atoms with Crippen molar-refractivity contribution in [2.75, 3.05) is 36.0 Å². The van der Waals surface area contributed by atoms with E-state index in [1.54, 1.807) is 17.7 Å². The number of aryl methyl sites for hydroxylation is 1. The maximum absolute atomic E-state index is 13.5. The fourth-order valence-electron chi connectivity index (χ4n) is 4.09. The molecule has 0 bridgehead atoms. The molecule has 0 unspecified atom stereocenters. The minimum atomic E-state index is -0.240. The lowest BCUT2D eigenvalue weighted by molar-refractivity contribution is 0.628. The maximum atomic E-state index is 13.5. The molecule has 8 heteroatoms. The number of benzene rings is 2. The average molecular weight is 473 g/mol. The molecule has 1 aliphatic rings. The summed E-state index contributed by atoms with van der Waals surface area (Å²) in [6, 6.07) is 12.4. The molecule has 31 heavy (non-hydrogen) atoms. The highest BCUT2D eigenvalue weighted by Gasteiger charge is 2.24. The summed E-state index contributed by atoms with van der Waals surface area (Å²) in [5.74, 6) is 0.693. The van der Waals surface area contributed by atoms with Crippen molar-refractivity contribution in [3.63, 3.8) is 0 Å². The number of aromatic nitrogens is 2. The average Bonchev–Trinajstić information content (AvgIpc) is 3.12. The predicted molar refractivity (Wildman–Crippen MR) is 128 cm³/mol. The molecule has 0 saturated carbocycles. The van der Waals surface area contributed by atoms with Crippen LogP contribution in [0, 0.1) is 12.7 Å². The van der Waals surface area contributed by atoms with Crippen LogP contribution in [0.4, 0.5) is 15.9 Å². The number of anilines is 2. The first-order valence-corrected chi connectivity index (χ1v) is 11.5. The monoisotopic (exact) mass is 472 g/mol. The smallest absolute Gasteiger partial charge is 0.141 e. The molecule has 1 fully saturated rings. The van der Waals surface area contributed by atoms with Crippen molar-refractivity contribution in [3.8, 4) is 11.1 Å². The van der Waals surface area contributed by atoms with Crippen LogP contribution in [-0.4, -0.2) is 36.1 Å². The van der Waals surface area contributed by atoms with Crippen LogP contribution >= 0.6 is 34.5 Å². The Morgan fingerprint density at radius 2 is 1.61 bits per heavy atom. The van der Waals surface area contributed by atoms with Crippen molar-refractivity contribution < 1.29 is 4.39 Å². The van der Waals surface area contributed by atoms with Gasteiger partial charge in [-0.1, -0.05) is 35.3 Å². The summed E-state index contributed by atoms with van der Waals surface area (Å²) in [5, 5.41) is 2.17. The van der Waals surface area contributed by atoms with Crippen LogP contribution in [0.3, 0.4) is 0 Å². The first kappa shape index (κ1) is 20.5. The van der Waals surface area contributed by atoms with Crippen LogP contribution in [0.5, 0.6) is 0 Å². The number of thiophene rings is 1. The van der Waals surface area contributed by atoms with Crippen molar-refractivity contribution in [2.24, 2.45) is 0 Å². The summed E-state index contributed by atoms with van der Waals surface area (Å²) in [4.78, 5) is 15.9. The summed E-state index contributed by atoms with van der Waals surface area (Å²) >= 11 is 13.9. The van der Waals surface area contributed by atoms with Crippen LogP contribution in [-0.2, 0) is 0 Å². The Morgan fingerprint density at radius 3 is 2.32 bits per heavy atom. The van der Waals surface area contributed by atoms with Crippen LogP contribution in [0.2, 0.25) is 10.0 Å². The van der Waals surface area contributed by atoms with Crippen molar-refractivity contribution in [1.29, 1.82) is 0 Å². The highest BCUT2D eigenvalue weighted by atomic mass is 35.5. The first-order chi connectivity index (χ1) is 15.0. The molecule has 5 rings (SSSR count). The van der Waals surface area contributed by atoms with Crippen LogP contribution < -0.4 is 9.80 Å². The zero-order valence-electron chi connectivity index (χ0n) is 16.8. The molecule has 4 aromatic rings. The zero-order valence-corrected chi connectivity index (χ0v) is 19.1. The Labute approximate surface area is 193 Å². The highest BCUT2D eigenvalue weighted by molar-refractivity contribution is 7.19. The summed E-state index contributed by atoms with van der Waals surface area (Å²) in [7, 11) is 0. The number of piperazine rings is 1. The molecule has 0 N–H and O–H groups in total. The normalized spacial score (nSPS) is 14.5. The fraction of sp³-hybridized carbons (Fsp3) is 0.217. The molecule has 0 spiro atoms. The third-order valence-corrected chi connectivity index (χ3v) is 7.38. The second kappa shape index (κ2) is 8.26. The standard InChI is InChI=1S/C23H19Cl2FN4S/c1-14-20(15-2-4-16(26)5-3-15)21-22(27-13-28-23(21)31-14)30-10-8-29(9-11-30)17-6-7-18(24)19(25)12-17/h2-7,12-13H,8-11H2,1H3. The maximum Gasteiger partial charge on any atom is 0.141 e. The lowest BCUT2D eigenvalue weighted by Gasteiger charge is -2.37. The van der Waals surface area contributed by atoms with Gasteiger partial charge >= 0.3 is 0 Å². The van der Waals surface area contributed by atoms with E-state index in [0.717, 1.165) is 63.9 Å². The quantitative estimate of drug-likeness (QED) is 0.343. The molecular formula is C23H19Cl2FN4S. The molecule has 0 atom stereocenters. The lowest BCUT2D eigenvalue weighted by atomic mass is 10.0. The molecule has 2 aromatic carbocycles. The van der Waals surface area contributed by atoms with Crippen LogP contribution in [0.15, 0.2) is 48.8 Å². The summed E-state index contributed by atoms with van der Waals surface area (Å²) in [6.07, 6.45) is 1.63. The first-order valence-electron chi connectivity index (χ1n) is 9.96. The minimum absolute atomic E-state index is 0.240. The van der Waals surface area contributed by atoms with Gasteiger partial charge in [0.15, 0.2) is 0 Å². The van der Waals surface area contributed by atoms with E-state index in [2.05, 4.69) is 26.7 Å². The molecule has 1 saturated heterocycles. The van der Waals surface area contributed by atoms with Crippen LogP contribution in [0.1, 0.15) is 4.88 Å². The number of hydrogen-bond donors (Lipinski definition) is 0. The molecule has 1 aliphatic heterocycles. The summed E-state index contributed by atoms with van der Waals surface area (Å²) in [5.41, 5.74) is 3.14. The summed E-state index contributed by atoms with van der Waals surface area (Å²) < 4.78 is 13.5. The van der Waals surface area contributed by atoms with E-state index in [0.29, 0.717) is 10.0 Å². The molecule has 0 aliphatic carbocycles. The van der Waals surface area contributed by atoms with E-state index < -0.39 is 0 Å². The number of rotatable bonds is 3. The van der Waals surface area contributed by atoms with Crippen molar-refractivity contribution in [1.82, 2.24) is 9.97 Å². The van der Waals surface area contributed by atoms with Gasteiger partial charge in [0.05, 0.1) is 15.4 Å². The second-order valence-electron chi connectivity index (χ2n) is 7.49. The fourth-order valence-corrected chi connectivity index (χ4v) is 5.39. The van der Waals surface area contributed by atoms with Gasteiger partial charge in [-0.05, 0) is 42.8 Å². The van der Waals surface area contributed by atoms with E-state index in [-0.39, 0.29) is 5.82 Å². The third kappa shape index (κ3) is 3.84. The van der Waals surface area contributed by atoms with E-state index in [9.17, 15) is 4.39 Å². The van der Waals surface area contributed by atoms with Crippen molar-refractivity contribution in [3.05, 3.63) is 69.5 Å². The Bertz CT molecular complexity index is 1250. The molecule has 4 nitrogen and oxygen atoms in total. The van der Waals surface area contributed by atoms with Crippen LogP contribution in [0.25, 0.3) is 21.3 Å². The molecule has 3 heterocycles.